The number of amides is 1. The molecule has 5 rings (SSSR count). The van der Waals surface area contributed by atoms with Crippen molar-refractivity contribution in [2.75, 3.05) is 18.0 Å². The maximum absolute atomic E-state index is 12.4. The second-order valence-electron chi connectivity index (χ2n) is 7.07. The average molecular weight is 348 g/mol. The van der Waals surface area contributed by atoms with Crippen LogP contribution < -0.4 is 10.2 Å². The van der Waals surface area contributed by atoms with Crippen LogP contribution in [-0.2, 0) is 0 Å². The molecule has 0 unspecified atom stereocenters. The van der Waals surface area contributed by atoms with Gasteiger partial charge in [0, 0.05) is 50.1 Å². The van der Waals surface area contributed by atoms with Gasteiger partial charge >= 0.3 is 0 Å². The predicted octanol–water partition coefficient (Wildman–Crippen LogP) is 2.01. The van der Waals surface area contributed by atoms with E-state index in [9.17, 15) is 4.79 Å². The smallest absolute Gasteiger partial charge is 0.289 e. The first-order valence-corrected chi connectivity index (χ1v) is 9.07. The van der Waals surface area contributed by atoms with Gasteiger partial charge in [-0.25, -0.2) is 15.0 Å². The lowest BCUT2D eigenvalue weighted by atomic mass is 10.2. The van der Waals surface area contributed by atoms with Gasteiger partial charge in [-0.15, -0.1) is 0 Å². The molecule has 1 saturated carbocycles. The second-order valence-corrected chi connectivity index (χ2v) is 7.07. The first-order chi connectivity index (χ1) is 12.8. The minimum atomic E-state index is -0.201. The summed E-state index contributed by atoms with van der Waals surface area (Å²) in [6, 6.07) is 4.15. The van der Waals surface area contributed by atoms with Crippen LogP contribution in [0.5, 0.6) is 0 Å². The molecule has 0 spiro atoms. The molecule has 0 bridgehead atoms. The molecule has 4 heterocycles. The fraction of sp³-hybridized carbons (Fsp3) is 0.368. The molecule has 7 nitrogen and oxygen atoms in total. The summed E-state index contributed by atoms with van der Waals surface area (Å²) < 4.78 is 2.06. The minimum Gasteiger partial charge on any atom is -0.353 e. The van der Waals surface area contributed by atoms with E-state index >= 15 is 0 Å². The third kappa shape index (κ3) is 2.79. The summed E-state index contributed by atoms with van der Waals surface area (Å²) >= 11 is 0. The standard InChI is InChI=1S/C19H20N6O/c26-19(17-21-10-14(11-22-17)13-3-4-13)23-15-5-8-25(12-15)18-16-2-1-7-24(16)9-6-20-18/h1-2,6-7,9-11,13,15H,3-5,8,12H2,(H,23,26)/t15-/m0/s1. The van der Waals surface area contributed by atoms with Crippen molar-refractivity contribution in [1.82, 2.24) is 24.7 Å². The number of nitrogens with zero attached hydrogens (tertiary/aromatic N) is 5. The van der Waals surface area contributed by atoms with Gasteiger partial charge in [-0.1, -0.05) is 0 Å². The Morgan fingerprint density at radius 3 is 2.77 bits per heavy atom. The Hall–Kier alpha value is -2.96. The van der Waals surface area contributed by atoms with Crippen LogP contribution in [0.2, 0.25) is 0 Å². The van der Waals surface area contributed by atoms with Gasteiger partial charge in [0.05, 0.1) is 5.52 Å². The molecule has 26 heavy (non-hydrogen) atoms. The Labute approximate surface area is 151 Å². The molecule has 1 aliphatic carbocycles. The van der Waals surface area contributed by atoms with Crippen LogP contribution in [0.25, 0.3) is 5.52 Å². The molecule has 1 aliphatic heterocycles. The lowest BCUT2D eigenvalue weighted by molar-refractivity contribution is 0.0929. The number of aromatic nitrogens is 4. The van der Waals surface area contributed by atoms with Crippen LogP contribution in [0.1, 0.15) is 41.4 Å². The highest BCUT2D eigenvalue weighted by Gasteiger charge is 2.28. The summed E-state index contributed by atoms with van der Waals surface area (Å²) in [6.45, 7) is 1.61. The Morgan fingerprint density at radius 2 is 1.96 bits per heavy atom. The third-order valence-electron chi connectivity index (χ3n) is 5.18. The zero-order valence-electron chi connectivity index (χ0n) is 14.4. The van der Waals surface area contributed by atoms with Gasteiger partial charge in [-0.2, -0.15) is 0 Å². The fourth-order valence-corrected chi connectivity index (χ4v) is 3.60. The molecule has 3 aromatic rings. The number of anilines is 1. The van der Waals surface area contributed by atoms with E-state index in [1.807, 2.05) is 24.7 Å². The Morgan fingerprint density at radius 1 is 1.12 bits per heavy atom. The van der Waals surface area contributed by atoms with E-state index in [0.29, 0.717) is 5.92 Å². The van der Waals surface area contributed by atoms with Crippen LogP contribution in [0, 0.1) is 0 Å². The molecule has 0 radical (unpaired) electrons. The number of hydrogen-bond donors (Lipinski definition) is 1. The lowest BCUT2D eigenvalue weighted by Crippen LogP contribution is -2.38. The van der Waals surface area contributed by atoms with E-state index in [2.05, 4.69) is 35.6 Å². The predicted molar refractivity (Wildman–Crippen MR) is 97.3 cm³/mol. The van der Waals surface area contributed by atoms with Crippen molar-refractivity contribution in [2.24, 2.45) is 0 Å². The first kappa shape index (κ1) is 15.3. The van der Waals surface area contributed by atoms with E-state index in [1.54, 1.807) is 12.4 Å². The maximum atomic E-state index is 12.4. The van der Waals surface area contributed by atoms with E-state index in [4.69, 9.17) is 0 Å². The number of nitrogens with one attached hydrogen (secondary N) is 1. The van der Waals surface area contributed by atoms with Gasteiger partial charge in [0.15, 0.2) is 5.82 Å². The topological polar surface area (TPSA) is 75.4 Å². The molecule has 3 aromatic heterocycles. The summed E-state index contributed by atoms with van der Waals surface area (Å²) in [7, 11) is 0. The van der Waals surface area contributed by atoms with E-state index in [1.165, 1.54) is 12.8 Å². The molecular formula is C19H20N6O. The second kappa shape index (κ2) is 6.09. The van der Waals surface area contributed by atoms with Crippen molar-refractivity contribution < 1.29 is 4.79 Å². The van der Waals surface area contributed by atoms with Crippen LogP contribution in [-0.4, -0.2) is 44.4 Å². The van der Waals surface area contributed by atoms with Crippen molar-refractivity contribution >= 4 is 17.2 Å². The quantitative estimate of drug-likeness (QED) is 0.781. The first-order valence-electron chi connectivity index (χ1n) is 9.07. The zero-order chi connectivity index (χ0) is 17.5. The Kier molecular flexibility index (Phi) is 3.58. The molecule has 1 atom stereocenters. The van der Waals surface area contributed by atoms with Crippen molar-refractivity contribution in [1.29, 1.82) is 0 Å². The fourth-order valence-electron chi connectivity index (χ4n) is 3.60. The van der Waals surface area contributed by atoms with Gasteiger partial charge in [-0.05, 0) is 42.9 Å². The molecule has 1 saturated heterocycles. The van der Waals surface area contributed by atoms with E-state index < -0.39 is 0 Å². The molecule has 7 heteroatoms. The number of fused-ring (bicyclic) bond motifs is 1. The van der Waals surface area contributed by atoms with E-state index in [0.717, 1.165) is 36.4 Å². The SMILES string of the molecule is O=C(N[C@H]1CCN(c2nccn3cccc23)C1)c1ncc(C2CC2)cn1. The highest BCUT2D eigenvalue weighted by Crippen LogP contribution is 2.39. The lowest BCUT2D eigenvalue weighted by Gasteiger charge is -2.18. The molecule has 0 aromatic carbocycles. The summed E-state index contributed by atoms with van der Waals surface area (Å²) in [5, 5.41) is 3.06. The third-order valence-corrected chi connectivity index (χ3v) is 5.18. The van der Waals surface area contributed by atoms with Crippen molar-refractivity contribution in [3.8, 4) is 0 Å². The number of hydrogen-bond acceptors (Lipinski definition) is 5. The molecule has 1 N–H and O–H groups in total. The highest BCUT2D eigenvalue weighted by molar-refractivity contribution is 5.90. The van der Waals surface area contributed by atoms with Crippen LogP contribution in [0.15, 0.2) is 43.1 Å². The Bertz CT molecular complexity index is 946. The van der Waals surface area contributed by atoms with Crippen LogP contribution >= 0.6 is 0 Å². The summed E-state index contributed by atoms with van der Waals surface area (Å²) in [5.41, 5.74) is 2.22. The summed E-state index contributed by atoms with van der Waals surface area (Å²) in [6.07, 6.45) is 12.6. The van der Waals surface area contributed by atoms with Crippen LogP contribution in [0.4, 0.5) is 5.82 Å². The molecule has 1 amide bonds. The molecule has 2 fully saturated rings. The normalized spacial score (nSPS) is 19.8. The summed E-state index contributed by atoms with van der Waals surface area (Å²) in [5.74, 6) is 1.60. The number of carbonyl (C=O) groups excluding carboxylic acids is 1. The Balaban J connectivity index is 1.26. The highest BCUT2D eigenvalue weighted by atomic mass is 16.2. The molecular weight excluding hydrogens is 328 g/mol. The number of carbonyl (C=O) groups is 1. The van der Waals surface area contributed by atoms with Gasteiger partial charge in [0.1, 0.15) is 0 Å². The van der Waals surface area contributed by atoms with Gasteiger partial charge in [-0.3, -0.25) is 4.79 Å². The average Bonchev–Trinajstić information content (AvgIpc) is 3.22. The van der Waals surface area contributed by atoms with Crippen LogP contribution in [0.3, 0.4) is 0 Å². The monoisotopic (exact) mass is 348 g/mol. The van der Waals surface area contributed by atoms with Crippen molar-refractivity contribution in [3.05, 3.63) is 54.5 Å². The van der Waals surface area contributed by atoms with Crippen molar-refractivity contribution in [3.63, 3.8) is 0 Å². The van der Waals surface area contributed by atoms with Gasteiger partial charge in [0.25, 0.3) is 5.91 Å². The minimum absolute atomic E-state index is 0.0752. The largest absolute Gasteiger partial charge is 0.353 e. The molecule has 132 valence electrons. The van der Waals surface area contributed by atoms with E-state index in [-0.39, 0.29) is 17.8 Å². The zero-order valence-corrected chi connectivity index (χ0v) is 14.4. The van der Waals surface area contributed by atoms with Crippen molar-refractivity contribution in [2.45, 2.75) is 31.2 Å². The molecule has 2 aliphatic rings. The summed E-state index contributed by atoms with van der Waals surface area (Å²) in [4.78, 5) is 27.7. The van der Waals surface area contributed by atoms with Gasteiger partial charge in [0.2, 0.25) is 5.82 Å². The van der Waals surface area contributed by atoms with Gasteiger partial charge < -0.3 is 14.6 Å². The maximum Gasteiger partial charge on any atom is 0.289 e. The number of rotatable bonds is 4.